The van der Waals surface area contributed by atoms with Crippen LogP contribution in [0.4, 0.5) is 0 Å². The van der Waals surface area contributed by atoms with Gasteiger partial charge in [-0.3, -0.25) is 4.79 Å². The molecule has 4 rings (SSSR count). The molecule has 0 aromatic heterocycles. The average Bonchev–Trinajstić information content (AvgIpc) is 3.03. The first-order chi connectivity index (χ1) is 14.0. The van der Waals surface area contributed by atoms with E-state index in [9.17, 15) is 15.0 Å². The highest BCUT2D eigenvalue weighted by Crippen LogP contribution is 2.67. The van der Waals surface area contributed by atoms with Gasteiger partial charge in [0.2, 0.25) is 0 Å². The van der Waals surface area contributed by atoms with E-state index in [1.54, 1.807) is 25.5 Å². The maximum Gasteiger partial charge on any atom is 0.186 e. The van der Waals surface area contributed by atoms with Crippen molar-refractivity contribution in [2.45, 2.75) is 97.7 Å². The molecule has 30 heavy (non-hydrogen) atoms. The minimum atomic E-state index is -1.29. The van der Waals surface area contributed by atoms with Crippen LogP contribution in [0.25, 0.3) is 0 Å². The van der Waals surface area contributed by atoms with Gasteiger partial charge >= 0.3 is 0 Å². The van der Waals surface area contributed by atoms with Crippen LogP contribution in [0.1, 0.15) is 86.0 Å². The molecule has 0 amide bonds. The van der Waals surface area contributed by atoms with Crippen molar-refractivity contribution in [2.75, 3.05) is 0 Å². The van der Waals surface area contributed by atoms with E-state index in [1.807, 2.05) is 0 Å². The molecule has 3 heteroatoms. The lowest BCUT2D eigenvalue weighted by Crippen LogP contribution is -2.50. The molecular weight excluding hydrogens is 372 g/mol. The summed E-state index contributed by atoms with van der Waals surface area (Å²) in [6.45, 7) is 10.4. The van der Waals surface area contributed by atoms with Gasteiger partial charge in [-0.05, 0) is 112 Å². The van der Waals surface area contributed by atoms with Gasteiger partial charge in [0.15, 0.2) is 5.78 Å². The van der Waals surface area contributed by atoms with Gasteiger partial charge in [0.1, 0.15) is 5.60 Å². The Labute approximate surface area is 183 Å². The van der Waals surface area contributed by atoms with Crippen LogP contribution in [-0.4, -0.2) is 27.7 Å². The number of allylic oxidation sites excluding steroid dienone is 2. The molecule has 168 valence electrons. The van der Waals surface area contributed by atoms with Gasteiger partial charge in [-0.15, -0.1) is 0 Å². The van der Waals surface area contributed by atoms with Crippen LogP contribution in [0.3, 0.4) is 0 Å². The fourth-order valence-corrected chi connectivity index (χ4v) is 8.12. The van der Waals surface area contributed by atoms with Crippen LogP contribution in [-0.2, 0) is 4.79 Å². The Morgan fingerprint density at radius 2 is 1.90 bits per heavy atom. The maximum absolute atomic E-state index is 12.2. The Morgan fingerprint density at radius 3 is 2.60 bits per heavy atom. The monoisotopic (exact) mass is 414 g/mol. The first-order valence-corrected chi connectivity index (χ1v) is 12.3. The predicted molar refractivity (Wildman–Crippen MR) is 121 cm³/mol. The van der Waals surface area contributed by atoms with Crippen molar-refractivity contribution >= 4 is 5.78 Å². The third kappa shape index (κ3) is 3.54. The summed E-state index contributed by atoms with van der Waals surface area (Å²) in [4.78, 5) is 12.2. The molecule has 0 aromatic carbocycles. The molecule has 4 aliphatic rings. The highest BCUT2D eigenvalue weighted by Gasteiger charge is 2.58. The zero-order valence-corrected chi connectivity index (χ0v) is 19.7. The number of hydrogen-bond acceptors (Lipinski definition) is 3. The van der Waals surface area contributed by atoms with E-state index in [0.29, 0.717) is 22.7 Å². The molecule has 0 radical (unpaired) electrons. The second-order valence-corrected chi connectivity index (χ2v) is 12.0. The van der Waals surface area contributed by atoms with Crippen LogP contribution in [0.5, 0.6) is 0 Å². The molecule has 0 saturated heterocycles. The zero-order chi connectivity index (χ0) is 21.9. The minimum Gasteiger partial charge on any atom is -0.393 e. The van der Waals surface area contributed by atoms with Crippen molar-refractivity contribution in [2.24, 2.45) is 40.4 Å². The van der Waals surface area contributed by atoms with E-state index in [1.165, 1.54) is 32.1 Å². The fourth-order valence-electron chi connectivity index (χ4n) is 8.12. The molecule has 8 atom stereocenters. The summed E-state index contributed by atoms with van der Waals surface area (Å²) in [6.07, 6.45) is 15.4. The van der Waals surface area contributed by atoms with Crippen molar-refractivity contribution in [1.29, 1.82) is 0 Å². The molecule has 0 heterocycles. The summed E-state index contributed by atoms with van der Waals surface area (Å²) < 4.78 is 0. The Balaban J connectivity index is 1.53. The van der Waals surface area contributed by atoms with Gasteiger partial charge < -0.3 is 10.2 Å². The van der Waals surface area contributed by atoms with Crippen LogP contribution >= 0.6 is 0 Å². The average molecular weight is 415 g/mol. The van der Waals surface area contributed by atoms with Gasteiger partial charge in [-0.1, -0.05) is 38.5 Å². The van der Waals surface area contributed by atoms with Gasteiger partial charge in [0.25, 0.3) is 0 Å². The zero-order valence-electron chi connectivity index (χ0n) is 19.7. The Hall–Kier alpha value is -0.930. The van der Waals surface area contributed by atoms with Crippen molar-refractivity contribution in [3.05, 3.63) is 23.8 Å². The van der Waals surface area contributed by atoms with Gasteiger partial charge in [0, 0.05) is 0 Å². The van der Waals surface area contributed by atoms with E-state index >= 15 is 0 Å². The lowest BCUT2D eigenvalue weighted by Gasteiger charge is -2.58. The number of aliphatic hydroxyl groups excluding tert-OH is 1. The quantitative estimate of drug-likeness (QED) is 0.474. The molecule has 0 aliphatic heterocycles. The lowest BCUT2D eigenvalue weighted by atomic mass is 9.47. The van der Waals surface area contributed by atoms with Gasteiger partial charge in [-0.2, -0.15) is 0 Å². The third-order valence-electron chi connectivity index (χ3n) is 9.94. The summed E-state index contributed by atoms with van der Waals surface area (Å²) in [6, 6.07) is 0. The molecule has 0 aromatic rings. The molecule has 0 bridgehead atoms. The molecule has 8 unspecified atom stereocenters. The van der Waals surface area contributed by atoms with E-state index < -0.39 is 5.60 Å². The van der Waals surface area contributed by atoms with E-state index in [0.717, 1.165) is 37.0 Å². The fraction of sp³-hybridized carbons (Fsp3) is 0.815. The molecule has 3 nitrogen and oxygen atoms in total. The normalized spacial score (nSPS) is 44.8. The van der Waals surface area contributed by atoms with Crippen LogP contribution < -0.4 is 0 Å². The number of carbonyl (C=O) groups excluding carboxylic acids is 1. The van der Waals surface area contributed by atoms with Crippen molar-refractivity contribution < 1.29 is 15.0 Å². The van der Waals surface area contributed by atoms with E-state index in [-0.39, 0.29) is 11.9 Å². The first kappa shape index (κ1) is 22.3. The predicted octanol–water partition coefficient (Wildman–Crippen LogP) is 5.46. The highest BCUT2D eigenvalue weighted by atomic mass is 16.3. The van der Waals surface area contributed by atoms with E-state index in [4.69, 9.17) is 0 Å². The standard InChI is InChI=1S/C27H42O3/c1-17(6-11-24(29)25(2,3)30)21-9-10-22-20-8-7-18-16-19(28)12-14-26(18,4)23(20)13-15-27(21,22)5/h6-7,11,17,19-23,28,30H,8-10,12-16H2,1-5H3. The van der Waals surface area contributed by atoms with Gasteiger partial charge in [-0.25, -0.2) is 0 Å². The second kappa shape index (κ2) is 7.59. The molecule has 0 spiro atoms. The number of rotatable bonds is 4. The van der Waals surface area contributed by atoms with Gasteiger partial charge in [0.05, 0.1) is 6.10 Å². The SMILES string of the molecule is CC(C=CC(=O)C(C)(C)O)C1CCC2C3CC=C4CC(O)CCC4(C)C3CCC12C. The summed E-state index contributed by atoms with van der Waals surface area (Å²) in [5.74, 6) is 3.08. The Bertz CT molecular complexity index is 744. The number of aliphatic hydroxyl groups is 2. The smallest absolute Gasteiger partial charge is 0.186 e. The van der Waals surface area contributed by atoms with Crippen molar-refractivity contribution in [3.8, 4) is 0 Å². The minimum absolute atomic E-state index is 0.134. The molecular formula is C27H42O3. The number of carbonyl (C=O) groups is 1. The Kier molecular flexibility index (Phi) is 5.63. The summed E-state index contributed by atoms with van der Waals surface area (Å²) in [5, 5.41) is 20.1. The van der Waals surface area contributed by atoms with Crippen molar-refractivity contribution in [1.82, 2.24) is 0 Å². The molecule has 3 saturated carbocycles. The second-order valence-electron chi connectivity index (χ2n) is 12.0. The molecule has 2 N–H and O–H groups in total. The Morgan fingerprint density at radius 1 is 1.17 bits per heavy atom. The van der Waals surface area contributed by atoms with Crippen molar-refractivity contribution in [3.63, 3.8) is 0 Å². The number of hydrogen-bond donors (Lipinski definition) is 2. The van der Waals surface area contributed by atoms with Crippen LogP contribution in [0.15, 0.2) is 23.8 Å². The summed E-state index contributed by atoms with van der Waals surface area (Å²) in [5.41, 5.74) is 0.901. The lowest BCUT2D eigenvalue weighted by molar-refractivity contribution is -0.128. The van der Waals surface area contributed by atoms with Crippen LogP contribution in [0.2, 0.25) is 0 Å². The largest absolute Gasteiger partial charge is 0.393 e. The number of ketones is 1. The summed E-state index contributed by atoms with van der Waals surface area (Å²) in [7, 11) is 0. The maximum atomic E-state index is 12.2. The first-order valence-electron chi connectivity index (χ1n) is 12.3. The third-order valence-corrected chi connectivity index (χ3v) is 9.94. The topological polar surface area (TPSA) is 57.5 Å². The number of fused-ring (bicyclic) bond motifs is 5. The van der Waals surface area contributed by atoms with E-state index in [2.05, 4.69) is 32.9 Å². The molecule has 4 aliphatic carbocycles. The highest BCUT2D eigenvalue weighted by molar-refractivity contribution is 5.96. The summed E-state index contributed by atoms with van der Waals surface area (Å²) >= 11 is 0. The van der Waals surface area contributed by atoms with Crippen LogP contribution in [0, 0.1) is 40.4 Å². The molecule has 3 fully saturated rings.